The van der Waals surface area contributed by atoms with Gasteiger partial charge in [-0.15, -0.1) is 0 Å². The average molecular weight is 384 g/mol. The van der Waals surface area contributed by atoms with E-state index in [-0.39, 0.29) is 11.7 Å². The Morgan fingerprint density at radius 2 is 2.00 bits per heavy atom. The van der Waals surface area contributed by atoms with Crippen LogP contribution >= 0.6 is 15.9 Å². The summed E-state index contributed by atoms with van der Waals surface area (Å²) in [6.07, 6.45) is 1.70. The van der Waals surface area contributed by atoms with E-state index < -0.39 is 0 Å². The Labute approximate surface area is 152 Å². The van der Waals surface area contributed by atoms with Crippen molar-refractivity contribution in [2.24, 2.45) is 5.92 Å². The molecule has 2 rings (SSSR count). The number of nitrogens with zero attached hydrogens (tertiary/aromatic N) is 1. The second kappa shape index (κ2) is 8.26. The predicted octanol–water partition coefficient (Wildman–Crippen LogP) is 5.65. The van der Waals surface area contributed by atoms with Crippen LogP contribution in [0.25, 0.3) is 11.1 Å². The highest BCUT2D eigenvalue weighted by atomic mass is 79.9. The minimum Gasteiger partial charge on any atom is -0.299 e. The fourth-order valence-corrected chi connectivity index (χ4v) is 3.37. The molecule has 0 fully saturated rings. The Morgan fingerprint density at radius 1 is 1.25 bits per heavy atom. The van der Waals surface area contributed by atoms with Gasteiger partial charge in [-0.3, -0.25) is 4.79 Å². The van der Waals surface area contributed by atoms with Gasteiger partial charge < -0.3 is 0 Å². The lowest BCUT2D eigenvalue weighted by atomic mass is 9.91. The van der Waals surface area contributed by atoms with Gasteiger partial charge in [-0.25, -0.2) is 0 Å². The Hall–Kier alpha value is -1.92. The number of aryl methyl sites for hydroxylation is 1. The number of carbonyl (C=O) groups is 1. The third-order valence-electron chi connectivity index (χ3n) is 4.53. The van der Waals surface area contributed by atoms with Crippen LogP contribution in [0.4, 0.5) is 0 Å². The van der Waals surface area contributed by atoms with E-state index in [2.05, 4.69) is 40.2 Å². The van der Waals surface area contributed by atoms with Gasteiger partial charge in [-0.05, 0) is 41.7 Å². The monoisotopic (exact) mass is 383 g/mol. The van der Waals surface area contributed by atoms with Crippen molar-refractivity contribution in [1.29, 1.82) is 5.26 Å². The molecule has 0 bridgehead atoms. The van der Waals surface area contributed by atoms with Crippen LogP contribution in [-0.2, 0) is 17.6 Å². The molecule has 0 amide bonds. The number of hydrogen-bond donors (Lipinski definition) is 0. The van der Waals surface area contributed by atoms with Crippen LogP contribution in [0.2, 0.25) is 0 Å². The summed E-state index contributed by atoms with van der Waals surface area (Å²) in [6.45, 7) is 6.07. The van der Waals surface area contributed by atoms with Crippen molar-refractivity contribution in [2.75, 3.05) is 0 Å². The molecule has 2 aromatic rings. The Morgan fingerprint density at radius 3 is 2.67 bits per heavy atom. The number of carbonyl (C=O) groups excluding carboxylic acids is 1. The summed E-state index contributed by atoms with van der Waals surface area (Å²) < 4.78 is 0.971. The van der Waals surface area contributed by atoms with Gasteiger partial charge in [-0.2, -0.15) is 5.26 Å². The third-order valence-corrected chi connectivity index (χ3v) is 5.19. The molecule has 0 saturated carbocycles. The Bertz CT molecular complexity index is 789. The number of nitriles is 1. The summed E-state index contributed by atoms with van der Waals surface area (Å²) >= 11 is 3.61. The zero-order valence-corrected chi connectivity index (χ0v) is 16.0. The zero-order valence-electron chi connectivity index (χ0n) is 14.4. The minimum atomic E-state index is 0.0886. The molecule has 0 saturated heterocycles. The van der Waals surface area contributed by atoms with Crippen molar-refractivity contribution in [3.63, 3.8) is 0 Å². The zero-order chi connectivity index (χ0) is 17.7. The molecule has 0 aliphatic rings. The van der Waals surface area contributed by atoms with Crippen LogP contribution in [0.5, 0.6) is 0 Å². The number of halogens is 1. The summed E-state index contributed by atoms with van der Waals surface area (Å²) in [4.78, 5) is 12.3. The van der Waals surface area contributed by atoms with Crippen LogP contribution in [0.1, 0.15) is 37.0 Å². The minimum absolute atomic E-state index is 0.0886. The van der Waals surface area contributed by atoms with Crippen LogP contribution in [0.15, 0.2) is 40.9 Å². The lowest BCUT2D eigenvalue weighted by Crippen LogP contribution is -2.13. The molecule has 0 radical (unpaired) electrons. The maximum absolute atomic E-state index is 12.3. The highest BCUT2D eigenvalue weighted by Gasteiger charge is 2.15. The van der Waals surface area contributed by atoms with E-state index >= 15 is 0 Å². The molecule has 0 spiro atoms. The van der Waals surface area contributed by atoms with Crippen LogP contribution in [0.3, 0.4) is 0 Å². The SMILES string of the molecule is CCC(C)C(=O)Cc1cc(-c2c(Br)cccc2CC#N)ccc1C. The highest BCUT2D eigenvalue weighted by molar-refractivity contribution is 9.10. The maximum Gasteiger partial charge on any atom is 0.140 e. The van der Waals surface area contributed by atoms with E-state index in [1.165, 1.54) is 0 Å². The first-order valence-corrected chi connectivity index (χ1v) is 9.04. The van der Waals surface area contributed by atoms with E-state index in [1.54, 1.807) is 0 Å². The van der Waals surface area contributed by atoms with Crippen molar-refractivity contribution < 1.29 is 4.79 Å². The lowest BCUT2D eigenvalue weighted by molar-refractivity contribution is -0.121. The molecule has 24 heavy (non-hydrogen) atoms. The van der Waals surface area contributed by atoms with E-state index in [9.17, 15) is 4.79 Å². The van der Waals surface area contributed by atoms with Crippen molar-refractivity contribution in [3.8, 4) is 17.2 Å². The van der Waals surface area contributed by atoms with Gasteiger partial charge in [0.2, 0.25) is 0 Å². The number of rotatable bonds is 6. The van der Waals surface area contributed by atoms with E-state index in [0.29, 0.717) is 12.8 Å². The summed E-state index contributed by atoms with van der Waals surface area (Å²) in [7, 11) is 0. The first-order valence-electron chi connectivity index (χ1n) is 8.24. The normalized spacial score (nSPS) is 11.8. The molecule has 124 valence electrons. The molecule has 2 nitrogen and oxygen atoms in total. The molecule has 0 heterocycles. The smallest absolute Gasteiger partial charge is 0.140 e. The summed E-state index contributed by atoms with van der Waals surface area (Å²) in [5.74, 6) is 0.368. The Kier molecular flexibility index (Phi) is 6.34. The topological polar surface area (TPSA) is 40.9 Å². The summed E-state index contributed by atoms with van der Waals surface area (Å²) in [6, 6.07) is 14.4. The van der Waals surface area contributed by atoms with Gasteiger partial charge in [0.15, 0.2) is 0 Å². The molecule has 0 aromatic heterocycles. The second-order valence-corrected chi connectivity index (χ2v) is 7.06. The number of benzene rings is 2. The molecular formula is C21H22BrNO. The summed E-state index contributed by atoms with van der Waals surface area (Å²) in [5, 5.41) is 9.08. The van der Waals surface area contributed by atoms with Crippen LogP contribution < -0.4 is 0 Å². The first-order chi connectivity index (χ1) is 11.5. The van der Waals surface area contributed by atoms with Gasteiger partial charge in [0.05, 0.1) is 12.5 Å². The average Bonchev–Trinajstić information content (AvgIpc) is 2.57. The molecule has 1 atom stereocenters. The second-order valence-electron chi connectivity index (χ2n) is 6.20. The predicted molar refractivity (Wildman–Crippen MR) is 102 cm³/mol. The number of hydrogen-bond acceptors (Lipinski definition) is 2. The Balaban J connectivity index is 2.46. The molecule has 2 aromatic carbocycles. The van der Waals surface area contributed by atoms with Gasteiger partial charge in [0, 0.05) is 22.4 Å². The van der Waals surface area contributed by atoms with Crippen LogP contribution in [0, 0.1) is 24.2 Å². The standard InChI is InChI=1S/C21H22BrNO/c1-4-14(2)20(24)13-18-12-17(9-8-15(18)3)21-16(10-11-23)6-5-7-19(21)22/h5-9,12,14H,4,10,13H2,1-3H3. The molecule has 3 heteroatoms. The van der Waals surface area contributed by atoms with E-state index in [1.807, 2.05) is 39.0 Å². The largest absolute Gasteiger partial charge is 0.299 e. The number of Topliss-reactive ketones (excluding diaryl/α,β-unsaturated/α-hetero) is 1. The maximum atomic E-state index is 12.3. The summed E-state index contributed by atoms with van der Waals surface area (Å²) in [5.41, 5.74) is 5.28. The molecule has 0 aliphatic carbocycles. The molecule has 0 N–H and O–H groups in total. The molecule has 0 aliphatic heterocycles. The van der Waals surface area contributed by atoms with Crippen molar-refractivity contribution in [2.45, 2.75) is 40.0 Å². The van der Waals surface area contributed by atoms with Crippen LogP contribution in [-0.4, -0.2) is 5.78 Å². The molecule has 1 unspecified atom stereocenters. The third kappa shape index (κ3) is 4.13. The van der Waals surface area contributed by atoms with Gasteiger partial charge in [0.25, 0.3) is 0 Å². The van der Waals surface area contributed by atoms with E-state index in [4.69, 9.17) is 5.26 Å². The fourth-order valence-electron chi connectivity index (χ4n) is 2.73. The molecular weight excluding hydrogens is 362 g/mol. The lowest BCUT2D eigenvalue weighted by Gasteiger charge is -2.14. The quantitative estimate of drug-likeness (QED) is 0.646. The van der Waals surface area contributed by atoms with Gasteiger partial charge >= 0.3 is 0 Å². The van der Waals surface area contributed by atoms with Crippen molar-refractivity contribution >= 4 is 21.7 Å². The number of ketones is 1. The highest BCUT2D eigenvalue weighted by Crippen LogP contribution is 2.33. The van der Waals surface area contributed by atoms with Crippen molar-refractivity contribution in [1.82, 2.24) is 0 Å². The van der Waals surface area contributed by atoms with Gasteiger partial charge in [0.1, 0.15) is 5.78 Å². The van der Waals surface area contributed by atoms with Crippen molar-refractivity contribution in [3.05, 3.63) is 57.6 Å². The fraction of sp³-hybridized carbons (Fsp3) is 0.333. The van der Waals surface area contributed by atoms with E-state index in [0.717, 1.165) is 38.7 Å². The first kappa shape index (κ1) is 18.4. The van der Waals surface area contributed by atoms with Gasteiger partial charge in [-0.1, -0.05) is 60.1 Å².